The van der Waals surface area contributed by atoms with E-state index in [1.807, 2.05) is 4.90 Å². The summed E-state index contributed by atoms with van der Waals surface area (Å²) < 4.78 is 0. The predicted molar refractivity (Wildman–Crippen MR) is 91.4 cm³/mol. The van der Waals surface area contributed by atoms with Crippen molar-refractivity contribution < 1.29 is 4.79 Å². The number of hydrogen-bond acceptors (Lipinski definition) is 3. The summed E-state index contributed by atoms with van der Waals surface area (Å²) in [4.78, 5) is 24.1. The molecule has 3 aliphatic heterocycles. The summed E-state index contributed by atoms with van der Waals surface area (Å²) >= 11 is 6.33. The third kappa shape index (κ3) is 3.89. The first-order chi connectivity index (χ1) is 11.1. The van der Waals surface area contributed by atoms with E-state index in [2.05, 4.69) is 21.8 Å². The fourth-order valence-electron chi connectivity index (χ4n) is 3.84. The van der Waals surface area contributed by atoms with Crippen LogP contribution in [-0.4, -0.2) is 51.4 Å². The molecule has 1 amide bonds. The Morgan fingerprint density at radius 1 is 1.35 bits per heavy atom. The molecular weight excluding hydrogens is 312 g/mol. The van der Waals surface area contributed by atoms with E-state index in [9.17, 15) is 4.79 Å². The number of nitrogens with one attached hydrogen (secondary N) is 1. The van der Waals surface area contributed by atoms with Crippen molar-refractivity contribution in [3.05, 3.63) is 16.7 Å². The number of aromatic nitrogens is 2. The number of unbranched alkanes of at least 4 members (excludes halogenated alkanes) is 1. The molecule has 6 heteroatoms. The first-order valence-electron chi connectivity index (χ1n) is 8.79. The Morgan fingerprint density at radius 2 is 2.17 bits per heavy atom. The van der Waals surface area contributed by atoms with Crippen LogP contribution in [0.25, 0.3) is 0 Å². The molecule has 0 radical (unpaired) electrons. The maximum absolute atomic E-state index is 11.8. The van der Waals surface area contributed by atoms with Gasteiger partial charge in [-0.2, -0.15) is 0 Å². The minimum absolute atomic E-state index is 0.199. The van der Waals surface area contributed by atoms with Gasteiger partial charge in [-0.1, -0.05) is 24.9 Å². The number of nitrogens with zero attached hydrogens (tertiary/aromatic N) is 3. The summed E-state index contributed by atoms with van der Waals surface area (Å²) in [5.74, 6) is 1.78. The summed E-state index contributed by atoms with van der Waals surface area (Å²) in [7, 11) is 0. The monoisotopic (exact) mass is 338 g/mol. The highest BCUT2D eigenvalue weighted by Gasteiger charge is 2.36. The van der Waals surface area contributed by atoms with E-state index in [4.69, 9.17) is 11.6 Å². The molecule has 2 bridgehead atoms. The third-order valence-corrected chi connectivity index (χ3v) is 5.49. The Labute approximate surface area is 143 Å². The Balaban J connectivity index is 1.68. The number of H-pyrrole nitrogens is 1. The molecule has 3 saturated heterocycles. The third-order valence-electron chi connectivity index (χ3n) is 5.18. The Hall–Kier alpha value is -1.07. The lowest BCUT2D eigenvalue weighted by Gasteiger charge is -2.35. The van der Waals surface area contributed by atoms with Crippen molar-refractivity contribution in [1.82, 2.24) is 19.8 Å². The zero-order valence-electron chi connectivity index (χ0n) is 14.1. The number of amides is 1. The minimum atomic E-state index is 0.199. The highest BCUT2D eigenvalue weighted by atomic mass is 35.5. The summed E-state index contributed by atoms with van der Waals surface area (Å²) in [5.41, 5.74) is 1.03. The van der Waals surface area contributed by atoms with E-state index >= 15 is 0 Å². The van der Waals surface area contributed by atoms with Gasteiger partial charge in [0.15, 0.2) is 5.15 Å². The van der Waals surface area contributed by atoms with Gasteiger partial charge in [-0.05, 0) is 25.2 Å². The van der Waals surface area contributed by atoms with E-state index in [1.54, 1.807) is 6.92 Å². The van der Waals surface area contributed by atoms with Crippen LogP contribution in [0.15, 0.2) is 0 Å². The molecule has 2 atom stereocenters. The average molecular weight is 339 g/mol. The number of rotatable bonds is 5. The molecule has 3 aliphatic rings. The summed E-state index contributed by atoms with van der Waals surface area (Å²) in [6.07, 6.45) is 5.64. The number of aryl methyl sites for hydroxylation is 1. The van der Waals surface area contributed by atoms with Gasteiger partial charge in [-0.25, -0.2) is 4.98 Å². The quantitative estimate of drug-likeness (QED) is 0.898. The largest absolute Gasteiger partial charge is 0.344 e. The molecular formula is C17H27ClN4O. The van der Waals surface area contributed by atoms with Crippen LogP contribution in [0.3, 0.4) is 0 Å². The number of carbonyl (C=O) groups is 1. The van der Waals surface area contributed by atoms with Crippen molar-refractivity contribution in [1.29, 1.82) is 0 Å². The van der Waals surface area contributed by atoms with Gasteiger partial charge >= 0.3 is 0 Å². The summed E-state index contributed by atoms with van der Waals surface area (Å²) in [6.45, 7) is 7.47. The molecule has 1 aromatic heterocycles. The van der Waals surface area contributed by atoms with E-state index in [0.717, 1.165) is 57.0 Å². The van der Waals surface area contributed by atoms with E-state index in [0.29, 0.717) is 17.1 Å². The Morgan fingerprint density at radius 3 is 2.91 bits per heavy atom. The molecule has 0 aromatic carbocycles. The standard InChI is InChI=1S/C17H27ClN4O/c1-3-4-5-16-19-15(17(18)20-16)11-22-9-13-6-7-14(22)10-21(8-13)12(2)23/h13-14H,3-11H2,1-2H3,(H,19,20)/t13-,14+/m1/s1. The molecule has 23 heavy (non-hydrogen) atoms. The molecule has 0 spiro atoms. The molecule has 4 heterocycles. The lowest BCUT2D eigenvalue weighted by atomic mass is 9.95. The van der Waals surface area contributed by atoms with Crippen LogP contribution in [-0.2, 0) is 17.8 Å². The van der Waals surface area contributed by atoms with E-state index in [-0.39, 0.29) is 5.91 Å². The van der Waals surface area contributed by atoms with E-state index in [1.165, 1.54) is 12.8 Å². The van der Waals surface area contributed by atoms with Crippen LogP contribution in [0, 0.1) is 5.92 Å². The number of carbonyl (C=O) groups excluding carboxylic acids is 1. The van der Waals surface area contributed by atoms with Crippen molar-refractivity contribution in [3.8, 4) is 0 Å². The van der Waals surface area contributed by atoms with Gasteiger partial charge < -0.3 is 9.88 Å². The number of hydrogen-bond donors (Lipinski definition) is 1. The second-order valence-corrected chi connectivity index (χ2v) is 7.37. The van der Waals surface area contributed by atoms with Gasteiger partial charge in [-0.3, -0.25) is 9.69 Å². The molecule has 3 fully saturated rings. The van der Waals surface area contributed by atoms with Gasteiger partial charge in [0.25, 0.3) is 0 Å². The summed E-state index contributed by atoms with van der Waals surface area (Å²) in [5, 5.41) is 0.611. The number of halogens is 1. The zero-order valence-corrected chi connectivity index (χ0v) is 14.9. The van der Waals surface area contributed by atoms with Gasteiger partial charge in [0.1, 0.15) is 5.82 Å². The molecule has 0 unspecified atom stereocenters. The van der Waals surface area contributed by atoms with E-state index < -0.39 is 0 Å². The van der Waals surface area contributed by atoms with Crippen molar-refractivity contribution in [2.45, 2.75) is 58.5 Å². The first kappa shape index (κ1) is 16.8. The minimum Gasteiger partial charge on any atom is -0.344 e. The average Bonchev–Trinajstić information content (AvgIpc) is 2.69. The fraction of sp³-hybridized carbons (Fsp3) is 0.765. The lowest BCUT2D eigenvalue weighted by Crippen LogP contribution is -2.43. The highest BCUT2D eigenvalue weighted by molar-refractivity contribution is 6.30. The lowest BCUT2D eigenvalue weighted by molar-refractivity contribution is -0.129. The fourth-order valence-corrected chi connectivity index (χ4v) is 4.05. The first-order valence-corrected chi connectivity index (χ1v) is 9.17. The van der Waals surface area contributed by atoms with Crippen molar-refractivity contribution in [2.75, 3.05) is 19.6 Å². The Bertz CT molecular complexity index is 559. The predicted octanol–water partition coefficient (Wildman–Crippen LogP) is 2.85. The van der Waals surface area contributed by atoms with Crippen LogP contribution >= 0.6 is 11.6 Å². The molecule has 1 aromatic rings. The van der Waals surface area contributed by atoms with Gasteiger partial charge in [0, 0.05) is 45.6 Å². The molecule has 1 N–H and O–H groups in total. The van der Waals surface area contributed by atoms with Crippen LogP contribution in [0.5, 0.6) is 0 Å². The van der Waals surface area contributed by atoms with Gasteiger partial charge in [-0.15, -0.1) is 0 Å². The Kier molecular flexibility index (Phi) is 5.27. The maximum Gasteiger partial charge on any atom is 0.219 e. The number of aromatic amines is 1. The van der Waals surface area contributed by atoms with Crippen LogP contribution in [0.1, 0.15) is 51.0 Å². The normalized spacial score (nSPS) is 24.9. The van der Waals surface area contributed by atoms with Crippen LogP contribution < -0.4 is 0 Å². The smallest absolute Gasteiger partial charge is 0.219 e. The molecule has 0 aliphatic carbocycles. The van der Waals surface area contributed by atoms with Crippen molar-refractivity contribution in [2.24, 2.45) is 5.92 Å². The topological polar surface area (TPSA) is 52.2 Å². The van der Waals surface area contributed by atoms with Crippen LogP contribution in [0.4, 0.5) is 0 Å². The zero-order chi connectivity index (χ0) is 16.4. The second-order valence-electron chi connectivity index (χ2n) is 7.01. The molecule has 128 valence electrons. The van der Waals surface area contributed by atoms with Crippen molar-refractivity contribution >= 4 is 17.5 Å². The number of fused-ring (bicyclic) bond motifs is 4. The molecule has 5 nitrogen and oxygen atoms in total. The SMILES string of the molecule is CCCCc1nc(Cl)c(CN2C[C@@H]3CC[C@H]2CN(C(C)=O)C3)[nH]1. The number of piperidine rings is 1. The highest BCUT2D eigenvalue weighted by Crippen LogP contribution is 2.30. The van der Waals surface area contributed by atoms with Gasteiger partial charge in [0.2, 0.25) is 5.91 Å². The van der Waals surface area contributed by atoms with Gasteiger partial charge in [0.05, 0.1) is 5.69 Å². The number of imidazole rings is 1. The second kappa shape index (κ2) is 7.22. The molecule has 0 saturated carbocycles. The maximum atomic E-state index is 11.8. The van der Waals surface area contributed by atoms with Crippen LogP contribution in [0.2, 0.25) is 5.15 Å². The summed E-state index contributed by atoms with van der Waals surface area (Å²) in [6, 6.07) is 0.441. The molecule has 4 rings (SSSR count). The van der Waals surface area contributed by atoms with Crippen molar-refractivity contribution in [3.63, 3.8) is 0 Å².